The van der Waals surface area contributed by atoms with Gasteiger partial charge in [0.05, 0.1) is 17.0 Å². The van der Waals surface area contributed by atoms with E-state index in [2.05, 4.69) is 4.90 Å². The molecular weight excluding hydrogens is 338 g/mol. The van der Waals surface area contributed by atoms with Gasteiger partial charge in [-0.25, -0.2) is 9.97 Å². The summed E-state index contributed by atoms with van der Waals surface area (Å²) in [6, 6.07) is 14.5. The van der Waals surface area contributed by atoms with Crippen LogP contribution in [0.3, 0.4) is 0 Å². The second kappa shape index (κ2) is 6.20. The summed E-state index contributed by atoms with van der Waals surface area (Å²) in [5.74, 6) is 0.838. The average Bonchev–Trinajstić information content (AvgIpc) is 3.01. The van der Waals surface area contributed by atoms with Crippen molar-refractivity contribution in [1.29, 1.82) is 0 Å². The minimum atomic E-state index is -0.0335. The first-order valence-electron chi connectivity index (χ1n) is 9.33. The Morgan fingerprint density at radius 3 is 2.22 bits per heavy atom. The summed E-state index contributed by atoms with van der Waals surface area (Å²) in [5, 5.41) is 9.64. The first-order valence-corrected chi connectivity index (χ1v) is 9.33. The Kier molecular flexibility index (Phi) is 3.67. The van der Waals surface area contributed by atoms with Gasteiger partial charge in [-0.05, 0) is 43.5 Å². The van der Waals surface area contributed by atoms with Gasteiger partial charge in [0.2, 0.25) is 5.95 Å². The molecule has 0 saturated carbocycles. The van der Waals surface area contributed by atoms with Crippen LogP contribution < -0.4 is 4.90 Å². The highest BCUT2D eigenvalue weighted by Gasteiger charge is 2.33. The van der Waals surface area contributed by atoms with Crippen molar-refractivity contribution in [3.8, 4) is 28.3 Å². The number of nitrogens with zero attached hydrogens (tertiary/aromatic N) is 3. The molecule has 2 aromatic carbocycles. The van der Waals surface area contributed by atoms with Crippen LogP contribution in [-0.2, 0) is 0 Å². The van der Waals surface area contributed by atoms with Gasteiger partial charge in [0.1, 0.15) is 5.75 Å². The molecule has 0 atom stereocenters. The van der Waals surface area contributed by atoms with Gasteiger partial charge in [-0.2, -0.15) is 0 Å². The van der Waals surface area contributed by atoms with Crippen molar-refractivity contribution in [3.05, 3.63) is 59.7 Å². The Labute approximate surface area is 157 Å². The number of rotatable bonds is 2. The molecule has 2 heterocycles. The van der Waals surface area contributed by atoms with Crippen LogP contribution in [0.15, 0.2) is 48.5 Å². The highest BCUT2D eigenvalue weighted by atomic mass is 16.3. The molecular formula is C22H19N3O2. The summed E-state index contributed by atoms with van der Waals surface area (Å²) >= 11 is 0. The van der Waals surface area contributed by atoms with Crippen molar-refractivity contribution in [3.63, 3.8) is 0 Å². The molecule has 1 aliphatic carbocycles. The summed E-state index contributed by atoms with van der Waals surface area (Å²) in [6.07, 6.45) is 3.49. The number of aromatic hydroxyl groups is 1. The average molecular weight is 357 g/mol. The molecule has 1 aliphatic heterocycles. The lowest BCUT2D eigenvalue weighted by molar-refractivity contribution is 0.104. The molecule has 5 heteroatoms. The number of piperidine rings is 1. The zero-order chi connectivity index (χ0) is 18.4. The fourth-order valence-electron chi connectivity index (χ4n) is 3.94. The minimum Gasteiger partial charge on any atom is -0.508 e. The molecule has 0 radical (unpaired) electrons. The molecule has 1 saturated heterocycles. The van der Waals surface area contributed by atoms with E-state index in [9.17, 15) is 9.90 Å². The largest absolute Gasteiger partial charge is 0.508 e. The summed E-state index contributed by atoms with van der Waals surface area (Å²) in [5.41, 5.74) is 4.28. The van der Waals surface area contributed by atoms with Crippen LogP contribution in [0.4, 0.5) is 5.95 Å². The number of phenolic OH excluding ortho intramolecular Hbond substituents is 1. The number of ketones is 1. The molecule has 5 rings (SSSR count). The Bertz CT molecular complexity index is 1040. The summed E-state index contributed by atoms with van der Waals surface area (Å²) < 4.78 is 0. The molecule has 5 nitrogen and oxygen atoms in total. The number of carbonyl (C=O) groups excluding carboxylic acids is 1. The van der Waals surface area contributed by atoms with Crippen LogP contribution in [0.25, 0.3) is 22.5 Å². The first kappa shape index (κ1) is 16.0. The van der Waals surface area contributed by atoms with Crippen molar-refractivity contribution in [2.75, 3.05) is 18.0 Å². The smallest absolute Gasteiger partial charge is 0.226 e. The van der Waals surface area contributed by atoms with Gasteiger partial charge in [-0.15, -0.1) is 0 Å². The first-order chi connectivity index (χ1) is 13.2. The summed E-state index contributed by atoms with van der Waals surface area (Å²) in [6.45, 7) is 1.87. The van der Waals surface area contributed by atoms with E-state index in [4.69, 9.17) is 9.97 Å². The Morgan fingerprint density at radius 2 is 1.48 bits per heavy atom. The van der Waals surface area contributed by atoms with E-state index in [0.29, 0.717) is 28.5 Å². The number of fused-ring (bicyclic) bond motifs is 3. The van der Waals surface area contributed by atoms with E-state index in [1.54, 1.807) is 24.3 Å². The normalized spacial score (nSPS) is 15.6. The van der Waals surface area contributed by atoms with Gasteiger partial charge < -0.3 is 10.0 Å². The highest BCUT2D eigenvalue weighted by molar-refractivity contribution is 6.23. The van der Waals surface area contributed by atoms with E-state index in [-0.39, 0.29) is 11.5 Å². The van der Waals surface area contributed by atoms with Crippen LogP contribution in [0.2, 0.25) is 0 Å². The number of aromatic nitrogens is 2. The Balaban J connectivity index is 1.75. The Morgan fingerprint density at radius 1 is 0.815 bits per heavy atom. The fourth-order valence-corrected chi connectivity index (χ4v) is 3.94. The molecule has 0 unspecified atom stereocenters. The van der Waals surface area contributed by atoms with Gasteiger partial charge in [-0.3, -0.25) is 4.79 Å². The van der Waals surface area contributed by atoms with E-state index >= 15 is 0 Å². The maximum Gasteiger partial charge on any atom is 0.226 e. The summed E-state index contributed by atoms with van der Waals surface area (Å²) in [4.78, 5) is 24.9. The molecule has 0 spiro atoms. The SMILES string of the molecule is O=C1c2ccccc2-c2nc(N3CCCCC3)nc(-c3ccc(O)cc3)c21. The van der Waals surface area contributed by atoms with E-state index in [1.807, 2.05) is 24.3 Å². The highest BCUT2D eigenvalue weighted by Crippen LogP contribution is 2.41. The van der Waals surface area contributed by atoms with Gasteiger partial charge in [-0.1, -0.05) is 24.3 Å². The third-order valence-corrected chi connectivity index (χ3v) is 5.33. The topological polar surface area (TPSA) is 66.3 Å². The second-order valence-electron chi connectivity index (χ2n) is 7.07. The van der Waals surface area contributed by atoms with Gasteiger partial charge in [0, 0.05) is 29.8 Å². The molecule has 2 aliphatic rings. The van der Waals surface area contributed by atoms with E-state index in [1.165, 1.54) is 6.42 Å². The van der Waals surface area contributed by atoms with Gasteiger partial charge >= 0.3 is 0 Å². The zero-order valence-electron chi connectivity index (χ0n) is 14.9. The van der Waals surface area contributed by atoms with Crippen LogP contribution >= 0.6 is 0 Å². The van der Waals surface area contributed by atoms with Gasteiger partial charge in [0.25, 0.3) is 0 Å². The minimum absolute atomic E-state index is 0.0335. The molecule has 1 aromatic heterocycles. The lowest BCUT2D eigenvalue weighted by Gasteiger charge is -2.27. The number of hydrogen-bond donors (Lipinski definition) is 1. The molecule has 27 heavy (non-hydrogen) atoms. The number of carbonyl (C=O) groups is 1. The predicted molar refractivity (Wildman–Crippen MR) is 104 cm³/mol. The molecule has 1 fully saturated rings. The standard InChI is InChI=1S/C22H19N3O2/c26-15-10-8-14(9-11-15)19-18-20(16-6-2-3-7-17(16)21(18)27)24-22(23-19)25-12-4-1-5-13-25/h2-3,6-11,26H,1,4-5,12-13H2. The van der Waals surface area contributed by atoms with Gasteiger partial charge in [0.15, 0.2) is 5.78 Å². The molecule has 0 amide bonds. The molecule has 134 valence electrons. The third kappa shape index (κ3) is 2.58. The molecule has 1 N–H and O–H groups in total. The molecule has 0 bridgehead atoms. The maximum atomic E-state index is 13.1. The van der Waals surface area contributed by atoms with Crippen LogP contribution in [0.1, 0.15) is 35.2 Å². The van der Waals surface area contributed by atoms with Crippen LogP contribution in [0.5, 0.6) is 5.75 Å². The van der Waals surface area contributed by atoms with Crippen molar-refractivity contribution >= 4 is 11.7 Å². The quantitative estimate of drug-likeness (QED) is 0.586. The number of phenols is 1. The number of anilines is 1. The van der Waals surface area contributed by atoms with Crippen LogP contribution in [-0.4, -0.2) is 33.9 Å². The van der Waals surface area contributed by atoms with Crippen molar-refractivity contribution in [2.45, 2.75) is 19.3 Å². The lowest BCUT2D eigenvalue weighted by Crippen LogP contribution is -2.31. The fraction of sp³-hybridized carbons (Fsp3) is 0.227. The maximum absolute atomic E-state index is 13.1. The number of benzene rings is 2. The van der Waals surface area contributed by atoms with Crippen LogP contribution in [0, 0.1) is 0 Å². The molecule has 3 aromatic rings. The second-order valence-corrected chi connectivity index (χ2v) is 7.07. The number of hydrogen-bond acceptors (Lipinski definition) is 5. The van der Waals surface area contributed by atoms with Crippen molar-refractivity contribution in [2.24, 2.45) is 0 Å². The summed E-state index contributed by atoms with van der Waals surface area (Å²) in [7, 11) is 0. The predicted octanol–water partition coefficient (Wildman–Crippen LogP) is 4.05. The monoisotopic (exact) mass is 357 g/mol. The zero-order valence-corrected chi connectivity index (χ0v) is 14.9. The van der Waals surface area contributed by atoms with Crippen molar-refractivity contribution in [1.82, 2.24) is 9.97 Å². The van der Waals surface area contributed by atoms with E-state index < -0.39 is 0 Å². The Hall–Kier alpha value is -3.21. The lowest BCUT2D eigenvalue weighted by atomic mass is 10.0. The van der Waals surface area contributed by atoms with E-state index in [0.717, 1.165) is 37.1 Å². The van der Waals surface area contributed by atoms with Crippen molar-refractivity contribution < 1.29 is 9.90 Å². The third-order valence-electron chi connectivity index (χ3n) is 5.33.